The van der Waals surface area contributed by atoms with E-state index >= 15 is 0 Å². The molecule has 580 valence electrons. The number of carbonyl (C=O) groups excluding carboxylic acids is 9. The van der Waals surface area contributed by atoms with E-state index in [-0.39, 0.29) is 147 Å². The van der Waals surface area contributed by atoms with Gasteiger partial charge in [0.1, 0.15) is 35.4 Å². The Morgan fingerprint density at radius 3 is 1.35 bits per heavy atom. The fourth-order valence-corrected chi connectivity index (χ4v) is 14.2. The van der Waals surface area contributed by atoms with Gasteiger partial charge in [-0.2, -0.15) is 0 Å². The molecule has 10 aromatic rings. The molecular weight excluding hydrogens is 1530 g/mol. The fraction of sp³-hybridized carbons (Fsp3) is 0.171. The first-order valence-corrected chi connectivity index (χ1v) is 36.6. The molecule has 0 aliphatic carbocycles. The van der Waals surface area contributed by atoms with Crippen molar-refractivity contribution in [1.29, 1.82) is 0 Å². The summed E-state index contributed by atoms with van der Waals surface area (Å²) in [6.07, 6.45) is 4.19. The second-order valence-corrected chi connectivity index (χ2v) is 27.7. The lowest BCUT2D eigenvalue weighted by molar-refractivity contribution is -0.138. The number of hydrogen-bond acceptors (Lipinski definition) is 19. The molecule has 115 heavy (non-hydrogen) atoms. The molecule has 6 aliphatic heterocycles. The maximum atomic E-state index is 14.9. The number of halogens is 6. The van der Waals surface area contributed by atoms with Crippen LogP contribution in [0.4, 0.5) is 52.2 Å². The Morgan fingerprint density at radius 2 is 0.930 bits per heavy atom. The number of aromatic carboxylic acids is 1. The number of carbonyl (C=O) groups is 10. The summed E-state index contributed by atoms with van der Waals surface area (Å²) in [6.45, 7) is 0.776. The van der Waals surface area contributed by atoms with Crippen LogP contribution < -0.4 is 43.0 Å². The minimum absolute atomic E-state index is 0.0334. The van der Waals surface area contributed by atoms with Crippen LogP contribution in [0, 0.1) is 23.3 Å². The van der Waals surface area contributed by atoms with E-state index in [0.29, 0.717) is 112 Å². The molecule has 16 rings (SSSR count). The summed E-state index contributed by atoms with van der Waals surface area (Å²) in [6, 6.07) is 38.5. The smallest absolute Gasteiger partial charge is 0.335 e. The van der Waals surface area contributed by atoms with Gasteiger partial charge >= 0.3 is 5.97 Å². The molecule has 2 unspecified atom stereocenters. The van der Waals surface area contributed by atoms with Crippen molar-refractivity contribution >= 4 is 128 Å². The highest BCUT2D eigenvalue weighted by atomic mass is 35.5. The average Bonchev–Trinajstić information content (AvgIpc) is 1.22. The van der Waals surface area contributed by atoms with Crippen LogP contribution in [0.3, 0.4) is 0 Å². The number of nitrogens with zero attached hydrogens (tertiary/aromatic N) is 8. The van der Waals surface area contributed by atoms with Gasteiger partial charge in [0.15, 0.2) is 0 Å². The molecular formula is C82H64Cl2F4N16O11. The highest BCUT2D eigenvalue weighted by Crippen LogP contribution is 2.39. The summed E-state index contributed by atoms with van der Waals surface area (Å²) < 4.78 is 59.1. The molecule has 10 N–H and O–H groups in total. The number of nitrogens with one attached hydrogen (secondary N) is 7. The van der Waals surface area contributed by atoms with Crippen LogP contribution in [0.1, 0.15) is 124 Å². The van der Waals surface area contributed by atoms with Gasteiger partial charge in [-0.15, -0.1) is 0 Å². The molecule has 0 bridgehead atoms. The summed E-state index contributed by atoms with van der Waals surface area (Å²) >= 11 is 12.6. The van der Waals surface area contributed by atoms with Crippen LogP contribution in [0.5, 0.6) is 0 Å². The maximum absolute atomic E-state index is 14.9. The second kappa shape index (κ2) is 33.7. The molecule has 8 aromatic carbocycles. The van der Waals surface area contributed by atoms with E-state index in [4.69, 9.17) is 39.0 Å². The Kier molecular flexibility index (Phi) is 22.8. The van der Waals surface area contributed by atoms with E-state index < -0.39 is 59.0 Å². The summed E-state index contributed by atoms with van der Waals surface area (Å²) in [5.41, 5.74) is 14.3. The van der Waals surface area contributed by atoms with E-state index in [9.17, 15) is 65.5 Å². The number of anilines is 6. The largest absolute Gasteiger partial charge is 0.478 e. The van der Waals surface area contributed by atoms with Crippen molar-refractivity contribution in [1.82, 2.24) is 45.7 Å². The zero-order valence-corrected chi connectivity index (χ0v) is 61.8. The second-order valence-electron chi connectivity index (χ2n) is 26.9. The monoisotopic (exact) mass is 1590 g/mol. The third-order valence-electron chi connectivity index (χ3n) is 19.4. The number of benzene rings is 8. The zero-order valence-electron chi connectivity index (χ0n) is 60.3. The summed E-state index contributed by atoms with van der Waals surface area (Å²) in [5.74, 6) is -6.80. The lowest BCUT2D eigenvalue weighted by Crippen LogP contribution is -2.52. The molecule has 6 aliphatic rings. The van der Waals surface area contributed by atoms with Crippen LogP contribution in [0.25, 0.3) is 22.5 Å². The molecule has 27 nitrogen and oxygen atoms in total. The molecule has 8 heterocycles. The standard InChI is InChI=1S/C41H31ClF2N8O5.C25H15ClF2N4O2.C16H18N4O4/c42-23-9-12-25-27(17-23)37(35-29(43)4-2-5-30(35)44)46-18-22-19-47-41(51-36(22)25)48-24-10-7-21(8-11-24)38(55)45-16-15-34(54)49-31-6-1-3-26-28(31)20-52(40(26)57)32-13-14-33(53)50-39(32)56;26-15-6-9-17-18(10-15)23(21-19(27)2-1-3-20(21)28)29-11-14-12-30-25(32-22(14)17)31-16-7-4-13(5-8-16)24(33)34;17-7-6-14(22)18-11-3-1-2-9-10(11)8-20(16(9)24)12-4-5-13(21)19-15(12)23/h1-12,17,19,32H,13-16,18,20H2,(H,45,55)(H,49,54)(H,47,48,51)(H,50,53,56);1-10,12H,11H2,(H,33,34)(H,30,31,32);1-3,12H,4-8,17H2,(H,18,22)(H,19,21,23). The summed E-state index contributed by atoms with van der Waals surface area (Å²) in [4.78, 5) is 152. The number of rotatable bonds is 17. The molecule has 2 atom stereocenters. The van der Waals surface area contributed by atoms with Crippen LogP contribution >= 0.6 is 23.2 Å². The van der Waals surface area contributed by atoms with Gasteiger partial charge in [-0.1, -0.05) is 59.6 Å². The van der Waals surface area contributed by atoms with Crippen molar-refractivity contribution in [3.63, 3.8) is 0 Å². The number of carboxylic acids is 1. The lowest BCUT2D eigenvalue weighted by Gasteiger charge is -2.29. The molecule has 33 heteroatoms. The number of imide groups is 2. The SMILES string of the molecule is NCCC(=O)Nc1cccc2c1CN(C1CCC(=O)NC1=O)C2=O.O=C(O)c1ccc(Nc2ncc3c(n2)-c2ccc(Cl)cc2C(c2c(F)cccc2F)=NC3)cc1.O=C1CCC(N2Cc3c(NC(=O)CCNC(=O)c4ccc(Nc5ncc6c(n5)-c5ccc(Cl)cc5C(c5c(F)cccc5F)=NC6)cc4)cccc3C2=O)C(=O)N1. The van der Waals surface area contributed by atoms with Gasteiger partial charge in [0.2, 0.25) is 47.3 Å². The Balaban J connectivity index is 0.000000159. The molecule has 0 radical (unpaired) electrons. The van der Waals surface area contributed by atoms with Crippen molar-refractivity contribution in [2.24, 2.45) is 15.7 Å². The van der Waals surface area contributed by atoms with E-state index in [0.717, 1.165) is 0 Å². The van der Waals surface area contributed by atoms with Crippen molar-refractivity contribution in [3.05, 3.63) is 270 Å². The molecule has 2 aromatic heterocycles. The van der Waals surface area contributed by atoms with Crippen molar-refractivity contribution in [2.75, 3.05) is 34.4 Å². The number of piperidine rings is 2. The lowest BCUT2D eigenvalue weighted by atomic mass is 9.95. The van der Waals surface area contributed by atoms with Gasteiger partial charge in [0.05, 0.1) is 52.6 Å². The minimum Gasteiger partial charge on any atom is -0.478 e. The first-order chi connectivity index (χ1) is 55.4. The maximum Gasteiger partial charge on any atom is 0.335 e. The number of amides is 9. The molecule has 2 saturated heterocycles. The predicted molar refractivity (Wildman–Crippen MR) is 416 cm³/mol. The minimum atomic E-state index is -1.02. The number of carboxylic acid groups (broad SMARTS) is 1. The van der Waals surface area contributed by atoms with E-state index in [2.05, 4.69) is 62.2 Å². The van der Waals surface area contributed by atoms with Crippen LogP contribution in [-0.2, 0) is 54.9 Å². The van der Waals surface area contributed by atoms with Crippen molar-refractivity contribution in [2.45, 2.75) is 76.8 Å². The number of fused-ring (bicyclic) bond motifs is 8. The topological polar surface area (TPSA) is 384 Å². The highest BCUT2D eigenvalue weighted by molar-refractivity contribution is 6.32. The Bertz CT molecular complexity index is 5740. The van der Waals surface area contributed by atoms with Gasteiger partial charge in [-0.25, -0.2) is 42.3 Å². The van der Waals surface area contributed by atoms with Gasteiger partial charge < -0.3 is 47.2 Å². The number of hydrogen-bond donors (Lipinski definition) is 9. The number of nitrogens with two attached hydrogens (primary N) is 1. The van der Waals surface area contributed by atoms with E-state index in [1.54, 1.807) is 122 Å². The van der Waals surface area contributed by atoms with Gasteiger partial charge in [0, 0.05) is 158 Å². The third-order valence-corrected chi connectivity index (χ3v) is 19.9. The zero-order chi connectivity index (χ0) is 80.9. The van der Waals surface area contributed by atoms with E-state index in [1.807, 2.05) is 0 Å². The van der Waals surface area contributed by atoms with Gasteiger partial charge in [-0.05, 0) is 134 Å². The van der Waals surface area contributed by atoms with Gasteiger partial charge in [-0.3, -0.25) is 63.8 Å². The normalized spacial score (nSPS) is 15.6. The highest BCUT2D eigenvalue weighted by Gasteiger charge is 2.42. The van der Waals surface area contributed by atoms with Gasteiger partial charge in [0.25, 0.3) is 17.7 Å². The Hall–Kier alpha value is -13.8. The first kappa shape index (κ1) is 77.9. The van der Waals surface area contributed by atoms with Crippen LogP contribution in [-0.4, -0.2) is 131 Å². The Morgan fingerprint density at radius 1 is 0.513 bits per heavy atom. The molecule has 0 saturated carbocycles. The summed E-state index contributed by atoms with van der Waals surface area (Å²) in [5, 5.41) is 28.8. The number of aliphatic imine (C=N–C) groups is 2. The first-order valence-electron chi connectivity index (χ1n) is 35.8. The molecule has 2 fully saturated rings. The fourth-order valence-electron chi connectivity index (χ4n) is 13.9. The number of aromatic nitrogens is 4. The van der Waals surface area contributed by atoms with Crippen molar-refractivity contribution < 1.29 is 70.6 Å². The Labute approximate surface area is 660 Å². The van der Waals surface area contributed by atoms with Crippen LogP contribution in [0.2, 0.25) is 10.0 Å². The quantitative estimate of drug-likeness (QED) is 0.0302. The molecule has 0 spiro atoms. The predicted octanol–water partition coefficient (Wildman–Crippen LogP) is 11.3. The van der Waals surface area contributed by atoms with Crippen molar-refractivity contribution in [3.8, 4) is 22.5 Å². The third kappa shape index (κ3) is 16.9. The molecule has 9 amide bonds. The summed E-state index contributed by atoms with van der Waals surface area (Å²) in [7, 11) is 0. The average molecular weight is 1600 g/mol. The van der Waals surface area contributed by atoms with E-state index in [1.165, 1.54) is 58.3 Å². The van der Waals surface area contributed by atoms with Crippen LogP contribution in [0.15, 0.2) is 180 Å².